The molecule has 0 heterocycles. The Balaban J connectivity index is 3.46. The normalized spacial score (nSPS) is 10.8. The van der Waals surface area contributed by atoms with Crippen LogP contribution in [0.5, 0.6) is 0 Å². The van der Waals surface area contributed by atoms with Crippen LogP contribution in [-0.2, 0) is 20.4 Å². The van der Waals surface area contributed by atoms with Crippen molar-refractivity contribution >= 4 is 16.9 Å². The molecular weight excluding hydrogens is 148 g/mol. The lowest BCUT2D eigenvalue weighted by Crippen LogP contribution is -2.00. The molecule has 0 amide bonds. The molecule has 10 heavy (non-hydrogen) atoms. The summed E-state index contributed by atoms with van der Waals surface area (Å²) in [4.78, 5) is 10.5. The highest BCUT2D eigenvalue weighted by molar-refractivity contribution is 7.95. The fourth-order valence-corrected chi connectivity index (χ4v) is 0.886. The van der Waals surface area contributed by atoms with Crippen LogP contribution in [0.25, 0.3) is 0 Å². The van der Waals surface area contributed by atoms with Crippen molar-refractivity contribution in [3.05, 3.63) is 12.2 Å². The first-order valence-corrected chi connectivity index (χ1v) is 5.16. The molecule has 0 radical (unpaired) electrons. The Morgan fingerprint density at radius 1 is 1.60 bits per heavy atom. The summed E-state index contributed by atoms with van der Waals surface area (Å²) in [6, 6.07) is 0. The fraction of sp³-hybridized carbons (Fsp3) is 0.571. The molecule has 0 spiro atoms. The highest BCUT2D eigenvalue weighted by Crippen LogP contribution is 1.85. The largest absolute Gasteiger partial charge is 0.466 e. The first-order chi connectivity index (χ1) is 4.66. The second kappa shape index (κ2) is 5.35. The van der Waals surface area contributed by atoms with Crippen molar-refractivity contribution in [3.8, 4) is 0 Å². The van der Waals surface area contributed by atoms with E-state index in [0.29, 0.717) is 10.9 Å². The van der Waals surface area contributed by atoms with Crippen LogP contribution in [0, 0.1) is 0 Å². The van der Waals surface area contributed by atoms with Crippen molar-refractivity contribution in [1.29, 1.82) is 0 Å². The van der Waals surface area contributed by atoms with E-state index >= 15 is 0 Å². The van der Waals surface area contributed by atoms with Crippen LogP contribution in [0.15, 0.2) is 12.2 Å². The Kier molecular flexibility index (Phi) is 5.12. The van der Waals surface area contributed by atoms with E-state index in [1.54, 1.807) is 0 Å². The Morgan fingerprint density at radius 2 is 2.20 bits per heavy atom. The van der Waals surface area contributed by atoms with Crippen molar-refractivity contribution < 1.29 is 9.53 Å². The van der Waals surface area contributed by atoms with E-state index in [0.717, 1.165) is 5.75 Å². The molecule has 0 aromatic rings. The third kappa shape index (κ3) is 5.69. The summed E-state index contributed by atoms with van der Waals surface area (Å²) in [6.45, 7) is 0. The van der Waals surface area contributed by atoms with Gasteiger partial charge in [0, 0.05) is 6.08 Å². The quantitative estimate of drug-likeness (QED) is 0.344. The zero-order valence-corrected chi connectivity index (χ0v) is 7.40. The Morgan fingerprint density at radius 3 is 2.60 bits per heavy atom. The Bertz CT molecular complexity index is 130. The van der Waals surface area contributed by atoms with Crippen LogP contribution < -0.4 is 0 Å². The van der Waals surface area contributed by atoms with Gasteiger partial charge in [-0.2, -0.15) is 0 Å². The van der Waals surface area contributed by atoms with E-state index in [-0.39, 0.29) is 5.97 Å². The van der Waals surface area contributed by atoms with Gasteiger partial charge in [0.15, 0.2) is 0 Å². The van der Waals surface area contributed by atoms with Crippen LogP contribution in [0.2, 0.25) is 0 Å². The first kappa shape index (κ1) is 9.56. The van der Waals surface area contributed by atoms with Gasteiger partial charge in [0.2, 0.25) is 0 Å². The van der Waals surface area contributed by atoms with Crippen LogP contribution in [-0.4, -0.2) is 31.3 Å². The van der Waals surface area contributed by atoms with Gasteiger partial charge in [0.05, 0.1) is 19.6 Å². The average molecular weight is 161 g/mol. The third-order valence-corrected chi connectivity index (χ3v) is 1.74. The third-order valence-electron chi connectivity index (χ3n) is 0.885. The minimum atomic E-state index is -0.273. The Hall–Kier alpha value is -0.440. The maximum Gasteiger partial charge on any atom is 0.330 e. The number of carbonyl (C=O) groups is 1. The van der Waals surface area contributed by atoms with E-state index in [1.165, 1.54) is 13.2 Å². The molecule has 0 aliphatic rings. The number of carbonyl (C=O) groups excluding carboxylic acids is 1. The van der Waals surface area contributed by atoms with Crippen LogP contribution in [0.3, 0.4) is 0 Å². The number of ether oxygens (including phenoxy) is 1. The molecule has 0 unspecified atom stereocenters. The van der Waals surface area contributed by atoms with E-state index in [4.69, 9.17) is 0 Å². The second-order valence-corrected chi connectivity index (χ2v) is 4.38. The zero-order valence-electron chi connectivity index (χ0n) is 6.59. The molecule has 0 saturated heterocycles. The van der Waals surface area contributed by atoms with Gasteiger partial charge in [-0.15, -0.1) is 0 Å². The SMILES string of the molecule is COC(=O)/C=C/C[S+](C)C. The van der Waals surface area contributed by atoms with E-state index in [2.05, 4.69) is 17.2 Å². The van der Waals surface area contributed by atoms with E-state index in [9.17, 15) is 4.79 Å². The summed E-state index contributed by atoms with van der Waals surface area (Å²) in [6.07, 6.45) is 7.56. The smallest absolute Gasteiger partial charge is 0.330 e. The average Bonchev–Trinajstić information content (AvgIpc) is 1.87. The van der Waals surface area contributed by atoms with Gasteiger partial charge < -0.3 is 4.74 Å². The standard InChI is InChI=1S/C7H13O2S/c1-9-7(8)5-4-6-10(2)3/h4-5H,6H2,1-3H3/q+1/b5-4+. The summed E-state index contributed by atoms with van der Waals surface area (Å²) in [5.74, 6) is 0.681. The molecule has 0 bridgehead atoms. The zero-order chi connectivity index (χ0) is 7.98. The maximum absolute atomic E-state index is 10.5. The van der Waals surface area contributed by atoms with Crippen molar-refractivity contribution in [2.24, 2.45) is 0 Å². The van der Waals surface area contributed by atoms with Crippen molar-refractivity contribution in [2.75, 3.05) is 25.4 Å². The highest BCUT2D eigenvalue weighted by Gasteiger charge is 1.97. The molecule has 0 saturated carbocycles. The van der Waals surface area contributed by atoms with Gasteiger partial charge in [-0.3, -0.25) is 0 Å². The lowest BCUT2D eigenvalue weighted by Gasteiger charge is -1.89. The van der Waals surface area contributed by atoms with Crippen LogP contribution in [0.4, 0.5) is 0 Å². The number of hydrogen-bond donors (Lipinski definition) is 0. The summed E-state index contributed by atoms with van der Waals surface area (Å²) >= 11 is 0. The Labute approximate surface area is 64.6 Å². The van der Waals surface area contributed by atoms with E-state index in [1.807, 2.05) is 6.08 Å². The lowest BCUT2D eigenvalue weighted by molar-refractivity contribution is -0.134. The second-order valence-electron chi connectivity index (χ2n) is 2.08. The molecule has 0 N–H and O–H groups in total. The van der Waals surface area contributed by atoms with Gasteiger partial charge in [-0.1, -0.05) is 0 Å². The topological polar surface area (TPSA) is 26.3 Å². The molecule has 0 fully saturated rings. The van der Waals surface area contributed by atoms with Crippen molar-refractivity contribution in [2.45, 2.75) is 0 Å². The molecular formula is C7H13O2S+. The van der Waals surface area contributed by atoms with Crippen molar-refractivity contribution in [1.82, 2.24) is 0 Å². The molecule has 0 aromatic heterocycles. The van der Waals surface area contributed by atoms with Gasteiger partial charge in [-0.25, -0.2) is 4.79 Å². The monoisotopic (exact) mass is 161 g/mol. The van der Waals surface area contributed by atoms with Gasteiger partial charge in [0.25, 0.3) is 0 Å². The number of esters is 1. The molecule has 0 atom stereocenters. The van der Waals surface area contributed by atoms with Crippen LogP contribution in [0.1, 0.15) is 0 Å². The first-order valence-electron chi connectivity index (χ1n) is 2.95. The summed E-state index contributed by atoms with van der Waals surface area (Å²) in [5, 5.41) is 0. The van der Waals surface area contributed by atoms with Gasteiger partial charge >= 0.3 is 5.97 Å². The number of rotatable bonds is 3. The molecule has 58 valence electrons. The van der Waals surface area contributed by atoms with Crippen molar-refractivity contribution in [3.63, 3.8) is 0 Å². The number of hydrogen-bond acceptors (Lipinski definition) is 2. The molecule has 2 nitrogen and oxygen atoms in total. The number of methoxy groups -OCH3 is 1. The highest BCUT2D eigenvalue weighted by atomic mass is 32.2. The summed E-state index contributed by atoms with van der Waals surface area (Å²) < 4.78 is 4.41. The molecule has 0 aromatic carbocycles. The fourth-order valence-electron chi connectivity index (χ4n) is 0.405. The van der Waals surface area contributed by atoms with Crippen LogP contribution >= 0.6 is 0 Å². The summed E-state index contributed by atoms with van der Waals surface area (Å²) in [7, 11) is 1.75. The lowest BCUT2D eigenvalue weighted by atomic mass is 10.5. The minimum Gasteiger partial charge on any atom is -0.466 e. The van der Waals surface area contributed by atoms with E-state index < -0.39 is 0 Å². The molecule has 0 aliphatic carbocycles. The maximum atomic E-state index is 10.5. The molecule has 3 heteroatoms. The van der Waals surface area contributed by atoms with Gasteiger partial charge in [-0.05, 0) is 17.0 Å². The molecule has 0 aliphatic heterocycles. The minimum absolute atomic E-state index is 0.273. The predicted molar refractivity (Wildman–Crippen MR) is 45.2 cm³/mol. The van der Waals surface area contributed by atoms with Gasteiger partial charge in [0.1, 0.15) is 5.75 Å². The molecule has 0 rings (SSSR count). The summed E-state index contributed by atoms with van der Waals surface area (Å²) in [5.41, 5.74) is 0. The predicted octanol–water partition coefficient (Wildman–Crippen LogP) is 0.593.